The van der Waals surface area contributed by atoms with Crippen LogP contribution in [0.2, 0.25) is 0 Å². The van der Waals surface area contributed by atoms with Gasteiger partial charge in [0.1, 0.15) is 36.3 Å². The van der Waals surface area contributed by atoms with Crippen LogP contribution in [0.4, 0.5) is 13.6 Å². The zero-order valence-corrected chi connectivity index (χ0v) is 23.0. The molecule has 0 heterocycles. The maximum absolute atomic E-state index is 13.2. The van der Waals surface area contributed by atoms with Gasteiger partial charge in [-0.15, -0.1) is 0 Å². The van der Waals surface area contributed by atoms with Gasteiger partial charge in [-0.05, 0) is 79.4 Å². The smallest absolute Gasteiger partial charge is 0.410 e. The zero-order chi connectivity index (χ0) is 29.5. The first-order valence-electron chi connectivity index (χ1n) is 13.4. The van der Waals surface area contributed by atoms with Gasteiger partial charge in [0.05, 0.1) is 13.2 Å². The fraction of sp³-hybridized carbons (Fsp3) is 0.355. The predicted molar refractivity (Wildman–Crippen MR) is 148 cm³/mol. The van der Waals surface area contributed by atoms with Crippen LogP contribution in [0.25, 0.3) is 0 Å². The second-order valence-electron chi connectivity index (χ2n) is 9.16. The summed E-state index contributed by atoms with van der Waals surface area (Å²) in [7, 11) is 0. The number of carbonyl (C=O) groups excluding carboxylic acids is 1. The van der Waals surface area contributed by atoms with E-state index >= 15 is 0 Å². The summed E-state index contributed by atoms with van der Waals surface area (Å²) in [6.07, 6.45) is 0.0833. The third kappa shape index (κ3) is 11.4. The van der Waals surface area contributed by atoms with Gasteiger partial charge in [0.15, 0.2) is 6.10 Å². The second kappa shape index (κ2) is 16.8. The van der Waals surface area contributed by atoms with Crippen molar-refractivity contribution in [3.63, 3.8) is 0 Å². The molecule has 0 saturated carbocycles. The van der Waals surface area contributed by atoms with Crippen LogP contribution in [0.1, 0.15) is 30.9 Å². The molecule has 3 aromatic rings. The average molecular weight is 572 g/mol. The van der Waals surface area contributed by atoms with Crippen molar-refractivity contribution in [2.45, 2.75) is 38.9 Å². The number of hydrogen-bond acceptors (Lipinski definition) is 6. The van der Waals surface area contributed by atoms with E-state index < -0.39 is 18.2 Å². The van der Waals surface area contributed by atoms with E-state index in [2.05, 4.69) is 0 Å². The van der Waals surface area contributed by atoms with Crippen LogP contribution in [0.5, 0.6) is 11.5 Å². The molecule has 1 amide bonds. The summed E-state index contributed by atoms with van der Waals surface area (Å²) in [5.41, 5.74) is 1.46. The number of nitrogens with zero attached hydrogens (tertiary/aromatic N) is 1. The molecule has 0 aliphatic heterocycles. The number of carbonyl (C=O) groups is 2. The standard InChI is InChI=1S/C31H35F2NO7/c1-2-38-29(30(35)36)21-23-7-13-27(14-8-23)40-20-18-34(31(37)41-22-24-5-9-25(32)10-6-24)17-3-4-19-39-28-15-11-26(33)12-16-28/h5-16,29H,2-4,17-22H2,1H3,(H,35,36). The number of carboxylic acids is 1. The van der Waals surface area contributed by atoms with E-state index in [9.17, 15) is 23.5 Å². The Labute approximate surface area is 238 Å². The van der Waals surface area contributed by atoms with E-state index in [0.717, 1.165) is 5.56 Å². The molecule has 220 valence electrons. The topological polar surface area (TPSA) is 94.5 Å². The lowest BCUT2D eigenvalue weighted by atomic mass is 10.1. The molecule has 0 fully saturated rings. The van der Waals surface area contributed by atoms with E-state index in [1.54, 1.807) is 55.5 Å². The Bertz CT molecular complexity index is 1200. The molecule has 3 aromatic carbocycles. The largest absolute Gasteiger partial charge is 0.494 e. The number of amides is 1. The van der Waals surface area contributed by atoms with Crippen molar-refractivity contribution in [2.24, 2.45) is 0 Å². The number of aliphatic carboxylic acids is 1. The minimum Gasteiger partial charge on any atom is -0.494 e. The van der Waals surface area contributed by atoms with Crippen LogP contribution >= 0.6 is 0 Å². The Kier molecular flexibility index (Phi) is 12.9. The van der Waals surface area contributed by atoms with E-state index in [0.29, 0.717) is 49.7 Å². The van der Waals surface area contributed by atoms with Crippen LogP contribution in [-0.2, 0) is 27.3 Å². The van der Waals surface area contributed by atoms with Gasteiger partial charge in [-0.3, -0.25) is 0 Å². The number of benzene rings is 3. The molecular formula is C31H35F2NO7. The van der Waals surface area contributed by atoms with Gasteiger partial charge in [-0.2, -0.15) is 0 Å². The molecule has 0 aliphatic rings. The van der Waals surface area contributed by atoms with Crippen LogP contribution in [0.15, 0.2) is 72.8 Å². The van der Waals surface area contributed by atoms with Crippen LogP contribution in [0.3, 0.4) is 0 Å². The molecule has 3 rings (SSSR count). The molecule has 0 bridgehead atoms. The first-order chi connectivity index (χ1) is 19.8. The predicted octanol–water partition coefficient (Wildman–Crippen LogP) is 5.87. The Morgan fingerprint density at radius 2 is 1.34 bits per heavy atom. The van der Waals surface area contributed by atoms with E-state index in [-0.39, 0.29) is 37.8 Å². The monoisotopic (exact) mass is 571 g/mol. The third-order valence-electron chi connectivity index (χ3n) is 6.06. The van der Waals surface area contributed by atoms with E-state index in [1.165, 1.54) is 29.2 Å². The molecule has 1 N–H and O–H groups in total. The van der Waals surface area contributed by atoms with Gasteiger partial charge in [-0.25, -0.2) is 18.4 Å². The Balaban J connectivity index is 1.49. The second-order valence-corrected chi connectivity index (χ2v) is 9.16. The highest BCUT2D eigenvalue weighted by molar-refractivity contribution is 5.72. The maximum Gasteiger partial charge on any atom is 0.410 e. The van der Waals surface area contributed by atoms with Gasteiger partial charge in [-0.1, -0.05) is 24.3 Å². The van der Waals surface area contributed by atoms with Crippen molar-refractivity contribution in [1.82, 2.24) is 4.90 Å². The van der Waals surface area contributed by atoms with Gasteiger partial charge in [0.2, 0.25) is 0 Å². The number of rotatable bonds is 17. The molecule has 0 aliphatic carbocycles. The molecular weight excluding hydrogens is 536 g/mol. The van der Waals surface area contributed by atoms with Crippen molar-refractivity contribution < 1.29 is 42.4 Å². The first-order valence-corrected chi connectivity index (χ1v) is 13.4. The van der Waals surface area contributed by atoms with Crippen molar-refractivity contribution in [2.75, 3.05) is 32.9 Å². The van der Waals surface area contributed by atoms with Gasteiger partial charge in [0.25, 0.3) is 0 Å². The quantitative estimate of drug-likeness (QED) is 0.203. The first kappa shape index (κ1) is 31.3. The van der Waals surface area contributed by atoms with Gasteiger partial charge in [0, 0.05) is 19.6 Å². The van der Waals surface area contributed by atoms with E-state index in [4.69, 9.17) is 18.9 Å². The summed E-state index contributed by atoms with van der Waals surface area (Å²) in [6.45, 7) is 3.32. The fourth-order valence-corrected chi connectivity index (χ4v) is 3.87. The van der Waals surface area contributed by atoms with Gasteiger partial charge >= 0.3 is 12.1 Å². The maximum atomic E-state index is 13.2. The summed E-state index contributed by atoms with van der Waals surface area (Å²) in [4.78, 5) is 25.7. The normalized spacial score (nSPS) is 11.5. The summed E-state index contributed by atoms with van der Waals surface area (Å²) in [5, 5.41) is 9.27. The van der Waals surface area contributed by atoms with Crippen LogP contribution < -0.4 is 9.47 Å². The number of carboxylic acid groups (broad SMARTS) is 1. The minimum atomic E-state index is -1.01. The highest BCUT2D eigenvalue weighted by atomic mass is 19.1. The summed E-state index contributed by atoms with van der Waals surface area (Å²) < 4.78 is 48.4. The molecule has 0 saturated heterocycles. The molecule has 0 aromatic heterocycles. The van der Waals surface area contributed by atoms with Crippen molar-refractivity contribution in [1.29, 1.82) is 0 Å². The lowest BCUT2D eigenvalue weighted by molar-refractivity contribution is -0.149. The number of ether oxygens (including phenoxy) is 4. The summed E-state index contributed by atoms with van der Waals surface area (Å²) >= 11 is 0. The molecule has 1 atom stereocenters. The number of hydrogen-bond donors (Lipinski definition) is 1. The molecule has 0 spiro atoms. The van der Waals surface area contributed by atoms with Crippen LogP contribution in [-0.4, -0.2) is 61.1 Å². The van der Waals surface area contributed by atoms with Crippen molar-refractivity contribution >= 4 is 12.1 Å². The minimum absolute atomic E-state index is 0.00466. The Morgan fingerprint density at radius 1 is 0.780 bits per heavy atom. The lowest BCUT2D eigenvalue weighted by Gasteiger charge is -2.22. The number of unbranched alkanes of at least 4 members (excludes halogenated alkanes) is 1. The zero-order valence-electron chi connectivity index (χ0n) is 23.0. The van der Waals surface area contributed by atoms with Crippen molar-refractivity contribution in [3.05, 3.63) is 95.6 Å². The molecule has 41 heavy (non-hydrogen) atoms. The molecule has 0 radical (unpaired) electrons. The van der Waals surface area contributed by atoms with Crippen molar-refractivity contribution in [3.8, 4) is 11.5 Å². The van der Waals surface area contributed by atoms with Crippen LogP contribution in [0, 0.1) is 11.6 Å². The molecule has 1 unspecified atom stereocenters. The fourth-order valence-electron chi connectivity index (χ4n) is 3.87. The SMILES string of the molecule is CCOC(Cc1ccc(OCCN(CCCCOc2ccc(F)cc2)C(=O)OCc2ccc(F)cc2)cc1)C(=O)O. The highest BCUT2D eigenvalue weighted by Crippen LogP contribution is 2.16. The lowest BCUT2D eigenvalue weighted by Crippen LogP contribution is -2.36. The Morgan fingerprint density at radius 3 is 1.95 bits per heavy atom. The summed E-state index contributed by atoms with van der Waals surface area (Å²) in [6, 6.07) is 18.5. The summed E-state index contributed by atoms with van der Waals surface area (Å²) in [5.74, 6) is -0.577. The van der Waals surface area contributed by atoms with Gasteiger partial charge < -0.3 is 29.0 Å². The Hall–Kier alpha value is -4.18. The molecule has 8 nitrogen and oxygen atoms in total. The number of halogens is 2. The highest BCUT2D eigenvalue weighted by Gasteiger charge is 2.18. The van der Waals surface area contributed by atoms with E-state index in [1.807, 2.05) is 0 Å². The molecule has 10 heteroatoms. The third-order valence-corrected chi connectivity index (χ3v) is 6.06. The average Bonchev–Trinajstić information content (AvgIpc) is 2.97.